The number of halogens is 3. The number of carboxylic acids is 2. The number of hydrogen-bond acceptors (Lipinski definition) is 10. The van der Waals surface area contributed by atoms with Crippen LogP contribution in [0.4, 0.5) is 13.2 Å². The predicted molar refractivity (Wildman–Crippen MR) is 122 cm³/mol. The minimum Gasteiger partial charge on any atom is -0.479 e. The third-order valence-corrected chi connectivity index (χ3v) is 5.20. The number of carbonyl (C=O) groups excluding carboxylic acids is 3. The lowest BCUT2D eigenvalue weighted by atomic mass is 9.92. The summed E-state index contributed by atoms with van der Waals surface area (Å²) in [6.45, 7) is 2.26. The van der Waals surface area contributed by atoms with E-state index in [2.05, 4.69) is 5.32 Å². The van der Waals surface area contributed by atoms with Crippen molar-refractivity contribution in [1.82, 2.24) is 5.32 Å². The van der Waals surface area contributed by atoms with Crippen molar-refractivity contribution in [3.63, 3.8) is 0 Å². The molecule has 1 aliphatic rings. The summed E-state index contributed by atoms with van der Waals surface area (Å²) in [5, 5.41) is 19.2. The van der Waals surface area contributed by atoms with Crippen LogP contribution in [-0.4, -0.2) is 71.5 Å². The van der Waals surface area contributed by atoms with Gasteiger partial charge in [0.1, 0.15) is 0 Å². The van der Waals surface area contributed by atoms with E-state index in [0.717, 1.165) is 39.3 Å². The molecule has 212 valence electrons. The average molecular weight is 550 g/mol. The standard InChI is InChI=1S/C21H28N2O8.C2HF3O2/c1-14(24)21(22,31-17-7-3-2-6-16(17)29-13-18(25)26)20(28)30-19(27)8-4-5-15-9-11-23-12-10-15;3-2(4,5)1(6)7/h2-3,6-7,15,23H,4-5,8-13,22H2,1H3,(H,25,26);(H,6,7). The number of nitrogens with one attached hydrogen (secondary N) is 1. The third-order valence-electron chi connectivity index (χ3n) is 5.20. The number of carbonyl (C=O) groups is 5. The minimum absolute atomic E-state index is 0.0158. The van der Waals surface area contributed by atoms with Crippen LogP contribution in [-0.2, 0) is 28.7 Å². The van der Waals surface area contributed by atoms with Gasteiger partial charge in [-0.15, -0.1) is 0 Å². The van der Waals surface area contributed by atoms with Gasteiger partial charge in [0.05, 0.1) is 0 Å². The van der Waals surface area contributed by atoms with E-state index in [4.69, 9.17) is 35.0 Å². The summed E-state index contributed by atoms with van der Waals surface area (Å²) in [6.07, 6.45) is -1.58. The number of rotatable bonds is 11. The fourth-order valence-corrected chi connectivity index (χ4v) is 3.16. The second-order valence-electron chi connectivity index (χ2n) is 8.17. The van der Waals surface area contributed by atoms with Crippen molar-refractivity contribution >= 4 is 29.7 Å². The number of benzene rings is 1. The van der Waals surface area contributed by atoms with Crippen molar-refractivity contribution in [3.05, 3.63) is 24.3 Å². The number of Topliss-reactive ketones (excluding diaryl/α,β-unsaturated/α-hetero) is 1. The van der Waals surface area contributed by atoms with E-state index in [1.165, 1.54) is 18.2 Å². The van der Waals surface area contributed by atoms with Gasteiger partial charge in [-0.3, -0.25) is 15.3 Å². The van der Waals surface area contributed by atoms with Gasteiger partial charge in [-0.1, -0.05) is 12.1 Å². The number of esters is 2. The van der Waals surface area contributed by atoms with Gasteiger partial charge in [0.25, 0.3) is 0 Å². The minimum atomic E-state index is -5.08. The van der Waals surface area contributed by atoms with Crippen LogP contribution >= 0.6 is 0 Å². The van der Waals surface area contributed by atoms with Crippen LogP contribution in [0.15, 0.2) is 24.3 Å². The molecule has 1 aliphatic heterocycles. The zero-order valence-corrected chi connectivity index (χ0v) is 20.4. The quantitative estimate of drug-likeness (QED) is 0.177. The molecule has 0 spiro atoms. The Balaban J connectivity index is 0.000000905. The van der Waals surface area contributed by atoms with Gasteiger partial charge in [-0.25, -0.2) is 14.4 Å². The summed E-state index contributed by atoms with van der Waals surface area (Å²) < 4.78 is 47.0. The van der Waals surface area contributed by atoms with Gasteiger partial charge < -0.3 is 29.7 Å². The number of para-hydroxylation sites is 2. The highest BCUT2D eigenvalue weighted by Gasteiger charge is 2.45. The summed E-state index contributed by atoms with van der Waals surface area (Å²) in [4.78, 5) is 56.3. The fourth-order valence-electron chi connectivity index (χ4n) is 3.16. The maximum absolute atomic E-state index is 12.5. The number of carboxylic acid groups (broad SMARTS) is 2. The molecule has 1 atom stereocenters. The van der Waals surface area contributed by atoms with Crippen LogP contribution in [0.5, 0.6) is 11.5 Å². The highest BCUT2D eigenvalue weighted by molar-refractivity contribution is 6.08. The molecule has 1 fully saturated rings. The van der Waals surface area contributed by atoms with Gasteiger partial charge in [0.15, 0.2) is 23.9 Å². The van der Waals surface area contributed by atoms with Gasteiger partial charge in [-0.05, 0) is 56.8 Å². The molecule has 0 aromatic heterocycles. The Morgan fingerprint density at radius 3 is 2.11 bits per heavy atom. The first-order valence-electron chi connectivity index (χ1n) is 11.3. The van der Waals surface area contributed by atoms with E-state index in [1.54, 1.807) is 6.07 Å². The normalized spacial score (nSPS) is 15.2. The van der Waals surface area contributed by atoms with E-state index in [1.807, 2.05) is 0 Å². The van der Waals surface area contributed by atoms with Crippen LogP contribution in [0.3, 0.4) is 0 Å². The van der Waals surface area contributed by atoms with Crippen molar-refractivity contribution in [2.45, 2.75) is 50.9 Å². The number of alkyl halides is 3. The number of aliphatic carboxylic acids is 2. The van der Waals surface area contributed by atoms with E-state index in [0.29, 0.717) is 12.3 Å². The summed E-state index contributed by atoms with van der Waals surface area (Å²) in [5.74, 6) is -6.68. The van der Waals surface area contributed by atoms with Crippen molar-refractivity contribution < 1.29 is 61.6 Å². The fraction of sp³-hybridized carbons (Fsp3) is 0.522. The highest BCUT2D eigenvalue weighted by Crippen LogP contribution is 2.29. The molecule has 1 aromatic carbocycles. The molecule has 5 N–H and O–H groups in total. The van der Waals surface area contributed by atoms with Crippen LogP contribution in [0.25, 0.3) is 0 Å². The zero-order valence-electron chi connectivity index (χ0n) is 20.4. The van der Waals surface area contributed by atoms with Crippen molar-refractivity contribution in [3.8, 4) is 11.5 Å². The number of piperidine rings is 1. The number of hydrogen-bond donors (Lipinski definition) is 4. The third kappa shape index (κ3) is 11.1. The zero-order chi connectivity index (χ0) is 28.9. The topological polar surface area (TPSA) is 192 Å². The highest BCUT2D eigenvalue weighted by atomic mass is 19.4. The Kier molecular flexibility index (Phi) is 12.6. The molecule has 0 bridgehead atoms. The molecule has 15 heteroatoms. The molecule has 0 radical (unpaired) electrons. The number of ether oxygens (including phenoxy) is 3. The van der Waals surface area contributed by atoms with Crippen LogP contribution < -0.4 is 20.5 Å². The number of nitrogens with two attached hydrogens (primary N) is 1. The maximum Gasteiger partial charge on any atom is 0.490 e. The molecular formula is C23H29F3N2O10. The molecule has 0 saturated carbocycles. The second-order valence-corrected chi connectivity index (χ2v) is 8.17. The van der Waals surface area contributed by atoms with Crippen molar-refractivity contribution in [1.29, 1.82) is 0 Å². The number of ketones is 1. The first kappa shape index (κ1) is 32.3. The first-order chi connectivity index (χ1) is 17.7. The first-order valence-corrected chi connectivity index (χ1v) is 11.3. The largest absolute Gasteiger partial charge is 0.490 e. The molecule has 1 aromatic rings. The summed E-state index contributed by atoms with van der Waals surface area (Å²) in [7, 11) is 0. The van der Waals surface area contributed by atoms with Crippen LogP contribution in [0.1, 0.15) is 39.0 Å². The van der Waals surface area contributed by atoms with Crippen molar-refractivity contribution in [2.24, 2.45) is 11.7 Å². The van der Waals surface area contributed by atoms with Crippen molar-refractivity contribution in [2.75, 3.05) is 19.7 Å². The molecule has 2 rings (SSSR count). The molecule has 12 nitrogen and oxygen atoms in total. The van der Waals surface area contributed by atoms with E-state index >= 15 is 0 Å². The Morgan fingerprint density at radius 2 is 1.61 bits per heavy atom. The predicted octanol–water partition coefficient (Wildman–Crippen LogP) is 1.65. The smallest absolute Gasteiger partial charge is 0.479 e. The summed E-state index contributed by atoms with van der Waals surface area (Å²) in [6, 6.07) is 5.78. The van der Waals surface area contributed by atoms with Gasteiger partial charge in [0.2, 0.25) is 0 Å². The average Bonchev–Trinajstić information content (AvgIpc) is 2.83. The Bertz CT molecular complexity index is 996. The maximum atomic E-state index is 12.5. The van der Waals surface area contributed by atoms with Gasteiger partial charge in [-0.2, -0.15) is 13.2 Å². The summed E-state index contributed by atoms with van der Waals surface area (Å²) >= 11 is 0. The van der Waals surface area contributed by atoms with E-state index in [9.17, 15) is 32.3 Å². The molecule has 0 amide bonds. The Labute approximate surface area is 215 Å². The van der Waals surface area contributed by atoms with Crippen LogP contribution in [0, 0.1) is 5.92 Å². The summed E-state index contributed by atoms with van der Waals surface area (Å²) in [5.41, 5.74) is 3.27. The van der Waals surface area contributed by atoms with Gasteiger partial charge >= 0.3 is 35.8 Å². The molecule has 38 heavy (non-hydrogen) atoms. The Morgan fingerprint density at radius 1 is 1.05 bits per heavy atom. The molecule has 1 unspecified atom stereocenters. The van der Waals surface area contributed by atoms with E-state index in [-0.39, 0.29) is 17.9 Å². The molecule has 0 aliphatic carbocycles. The Hall–Kier alpha value is -3.72. The molecule has 1 saturated heterocycles. The lowest BCUT2D eigenvalue weighted by Gasteiger charge is -2.26. The van der Waals surface area contributed by atoms with Gasteiger partial charge in [0, 0.05) is 13.3 Å². The SMILES string of the molecule is CC(=O)C(N)(Oc1ccccc1OCC(=O)O)C(=O)OC(=O)CCCC1CCNCC1.O=C(O)C(F)(F)F. The van der Waals surface area contributed by atoms with Crippen LogP contribution in [0.2, 0.25) is 0 Å². The molecular weight excluding hydrogens is 521 g/mol. The monoisotopic (exact) mass is 550 g/mol. The molecule has 1 heterocycles. The second kappa shape index (κ2) is 14.9. The lowest BCUT2D eigenvalue weighted by molar-refractivity contribution is -0.192. The lowest BCUT2D eigenvalue weighted by Crippen LogP contribution is -2.60. The van der Waals surface area contributed by atoms with E-state index < -0.39 is 48.2 Å².